The summed E-state index contributed by atoms with van der Waals surface area (Å²) in [6.45, 7) is 10.5. The second-order valence-corrected chi connectivity index (χ2v) is 9.82. The van der Waals surface area contributed by atoms with Crippen LogP contribution < -0.4 is 10.6 Å². The summed E-state index contributed by atoms with van der Waals surface area (Å²) in [5.41, 5.74) is 0.451. The number of fused-ring (bicyclic) bond motifs is 2. The number of aryl methyl sites for hydroxylation is 1. The van der Waals surface area contributed by atoms with Gasteiger partial charge in [0.15, 0.2) is 5.82 Å². The first-order chi connectivity index (χ1) is 12.1. The van der Waals surface area contributed by atoms with Gasteiger partial charge in [0.2, 0.25) is 11.8 Å². The minimum Gasteiger partial charge on any atom is -0.360 e. The van der Waals surface area contributed by atoms with Gasteiger partial charge in [0.1, 0.15) is 5.76 Å². The lowest BCUT2D eigenvalue weighted by molar-refractivity contribution is -0.120. The Hall–Kier alpha value is -1.50. The quantitative estimate of drug-likeness (QED) is 0.792. The molecule has 0 aliphatic heterocycles. The van der Waals surface area contributed by atoms with E-state index in [-0.39, 0.29) is 39.7 Å². The molecular weight excluding hydrogens is 350 g/mol. The molecule has 0 radical (unpaired) electrons. The topological polar surface area (TPSA) is 84.2 Å². The second-order valence-electron chi connectivity index (χ2n) is 8.50. The number of nitrogens with one attached hydrogen (secondary N) is 2. The molecule has 2 N–H and O–H groups in total. The number of nitrogens with zero attached hydrogens (tertiary/aromatic N) is 1. The third-order valence-corrected chi connectivity index (χ3v) is 7.99. The maximum atomic E-state index is 12.4. The van der Waals surface area contributed by atoms with E-state index in [1.807, 2.05) is 0 Å². The van der Waals surface area contributed by atoms with E-state index in [1.54, 1.807) is 19.9 Å². The van der Waals surface area contributed by atoms with E-state index in [4.69, 9.17) is 4.52 Å². The van der Waals surface area contributed by atoms with Gasteiger partial charge in [0, 0.05) is 12.1 Å². The molecular formula is C19H29N3O3S. The molecule has 0 unspecified atom stereocenters. The van der Waals surface area contributed by atoms with Crippen molar-refractivity contribution in [1.29, 1.82) is 0 Å². The molecule has 2 aliphatic rings. The monoisotopic (exact) mass is 379 g/mol. The first-order valence-corrected chi connectivity index (χ1v) is 10.3. The van der Waals surface area contributed by atoms with E-state index < -0.39 is 0 Å². The number of anilines is 1. The molecule has 2 aliphatic carbocycles. The fourth-order valence-electron chi connectivity index (χ4n) is 4.59. The van der Waals surface area contributed by atoms with Crippen LogP contribution >= 0.6 is 11.8 Å². The summed E-state index contributed by atoms with van der Waals surface area (Å²) < 4.78 is 4.93. The van der Waals surface area contributed by atoms with Crippen LogP contribution in [-0.2, 0) is 9.59 Å². The minimum absolute atomic E-state index is 0.0153. The molecule has 0 spiro atoms. The van der Waals surface area contributed by atoms with Crippen LogP contribution in [0.2, 0.25) is 0 Å². The highest BCUT2D eigenvalue weighted by Crippen LogP contribution is 2.65. The van der Waals surface area contributed by atoms with Gasteiger partial charge in [-0.1, -0.05) is 25.9 Å². The van der Waals surface area contributed by atoms with Crippen molar-refractivity contribution in [2.24, 2.45) is 16.7 Å². The first kappa shape index (κ1) is 19.3. The van der Waals surface area contributed by atoms with Gasteiger partial charge in [0.05, 0.1) is 11.0 Å². The molecule has 6 nitrogen and oxygen atoms in total. The fraction of sp³-hybridized carbons (Fsp3) is 0.737. The summed E-state index contributed by atoms with van der Waals surface area (Å²) >= 11 is 1.34. The summed E-state index contributed by atoms with van der Waals surface area (Å²) in [7, 11) is 0. The van der Waals surface area contributed by atoms with Crippen LogP contribution in [0.5, 0.6) is 0 Å². The summed E-state index contributed by atoms with van der Waals surface area (Å²) in [5, 5.41) is 9.34. The molecule has 2 bridgehead atoms. The van der Waals surface area contributed by atoms with Crippen LogP contribution in [-0.4, -0.2) is 34.0 Å². The molecule has 4 atom stereocenters. The predicted molar refractivity (Wildman–Crippen MR) is 103 cm³/mol. The summed E-state index contributed by atoms with van der Waals surface area (Å²) in [5.74, 6) is 1.86. The van der Waals surface area contributed by atoms with E-state index in [9.17, 15) is 9.59 Å². The highest BCUT2D eigenvalue weighted by atomic mass is 32.2. The number of hydrogen-bond donors (Lipinski definition) is 2. The maximum absolute atomic E-state index is 12.4. The van der Waals surface area contributed by atoms with Gasteiger partial charge in [-0.05, 0) is 49.9 Å². The lowest BCUT2D eigenvalue weighted by Gasteiger charge is -2.39. The molecule has 1 aromatic heterocycles. The molecule has 144 valence electrons. The van der Waals surface area contributed by atoms with Crippen LogP contribution in [0.15, 0.2) is 10.6 Å². The summed E-state index contributed by atoms with van der Waals surface area (Å²) in [6.07, 6.45) is 3.52. The van der Waals surface area contributed by atoms with Crippen LogP contribution in [0.3, 0.4) is 0 Å². The molecule has 0 saturated heterocycles. The number of carbonyl (C=O) groups is 2. The zero-order chi connectivity index (χ0) is 19.1. The van der Waals surface area contributed by atoms with Crippen molar-refractivity contribution in [2.75, 3.05) is 11.1 Å². The second kappa shape index (κ2) is 6.91. The lowest BCUT2D eigenvalue weighted by Crippen LogP contribution is -2.47. The third-order valence-electron chi connectivity index (χ3n) is 6.84. The van der Waals surface area contributed by atoms with Gasteiger partial charge in [0.25, 0.3) is 0 Å². The van der Waals surface area contributed by atoms with Crippen LogP contribution in [0.4, 0.5) is 5.82 Å². The Labute approximate surface area is 159 Å². The van der Waals surface area contributed by atoms with Gasteiger partial charge >= 0.3 is 0 Å². The Kier molecular flexibility index (Phi) is 5.12. The van der Waals surface area contributed by atoms with E-state index >= 15 is 0 Å². The zero-order valence-corrected chi connectivity index (χ0v) is 17.0. The SMILES string of the molecule is Cc1cc(NC(=O)[C@H](C)SCC(=O)N[C@@H]2C[C@@H]3CC[C@@]2(C)C3(C)C)no1. The smallest absolute Gasteiger partial charge is 0.238 e. The molecule has 26 heavy (non-hydrogen) atoms. The molecule has 2 saturated carbocycles. The van der Waals surface area contributed by atoms with Crippen LogP contribution in [0, 0.1) is 23.7 Å². The van der Waals surface area contributed by atoms with Crippen molar-refractivity contribution < 1.29 is 14.1 Å². The maximum Gasteiger partial charge on any atom is 0.238 e. The van der Waals surface area contributed by atoms with Gasteiger partial charge < -0.3 is 15.2 Å². The Bertz CT molecular complexity index is 702. The average molecular weight is 380 g/mol. The van der Waals surface area contributed by atoms with E-state index in [1.165, 1.54) is 24.6 Å². The lowest BCUT2D eigenvalue weighted by atomic mass is 9.69. The molecule has 2 fully saturated rings. The van der Waals surface area contributed by atoms with Gasteiger partial charge in [-0.15, -0.1) is 11.8 Å². The van der Waals surface area contributed by atoms with Crippen molar-refractivity contribution in [3.63, 3.8) is 0 Å². The Morgan fingerprint density at radius 1 is 1.42 bits per heavy atom. The first-order valence-electron chi connectivity index (χ1n) is 9.28. The molecule has 0 aromatic carbocycles. The van der Waals surface area contributed by atoms with Gasteiger partial charge in [-0.25, -0.2) is 0 Å². The van der Waals surface area contributed by atoms with Gasteiger partial charge in [-0.2, -0.15) is 0 Å². The number of rotatable bonds is 6. The Morgan fingerprint density at radius 3 is 2.69 bits per heavy atom. The van der Waals surface area contributed by atoms with Crippen molar-refractivity contribution in [2.45, 2.75) is 65.2 Å². The summed E-state index contributed by atoms with van der Waals surface area (Å²) in [4.78, 5) is 24.6. The number of amides is 2. The predicted octanol–water partition coefficient (Wildman–Crippen LogP) is 3.37. The largest absolute Gasteiger partial charge is 0.360 e. The Morgan fingerprint density at radius 2 is 2.15 bits per heavy atom. The highest BCUT2D eigenvalue weighted by molar-refractivity contribution is 8.01. The number of aromatic nitrogens is 1. The minimum atomic E-state index is -0.343. The van der Waals surface area contributed by atoms with E-state index in [2.05, 4.69) is 36.6 Å². The summed E-state index contributed by atoms with van der Waals surface area (Å²) in [6, 6.07) is 1.91. The third kappa shape index (κ3) is 3.38. The van der Waals surface area contributed by atoms with Crippen molar-refractivity contribution in [3.8, 4) is 0 Å². The fourth-order valence-corrected chi connectivity index (χ4v) is 5.28. The zero-order valence-electron chi connectivity index (χ0n) is 16.2. The number of carbonyl (C=O) groups excluding carboxylic acids is 2. The van der Waals surface area contributed by atoms with Crippen molar-refractivity contribution in [3.05, 3.63) is 11.8 Å². The molecule has 3 rings (SSSR count). The van der Waals surface area contributed by atoms with E-state index in [0.717, 1.165) is 6.42 Å². The van der Waals surface area contributed by atoms with Crippen molar-refractivity contribution in [1.82, 2.24) is 10.5 Å². The molecule has 2 amide bonds. The van der Waals surface area contributed by atoms with Crippen LogP contribution in [0.25, 0.3) is 0 Å². The molecule has 1 aromatic rings. The van der Waals surface area contributed by atoms with Crippen LogP contribution in [0.1, 0.15) is 52.7 Å². The highest BCUT2D eigenvalue weighted by Gasteiger charge is 2.61. The molecule has 1 heterocycles. The van der Waals surface area contributed by atoms with Crippen molar-refractivity contribution >= 4 is 29.4 Å². The molecule has 7 heteroatoms. The van der Waals surface area contributed by atoms with E-state index in [0.29, 0.717) is 17.5 Å². The normalized spacial score (nSPS) is 30.2. The van der Waals surface area contributed by atoms with Gasteiger partial charge in [-0.3, -0.25) is 9.59 Å². The number of hydrogen-bond acceptors (Lipinski definition) is 5. The standard InChI is InChI=1S/C19H29N3O3S/c1-11-8-15(22-25-11)21-17(24)12(2)26-10-16(23)20-14-9-13-6-7-19(14,5)18(13,3)4/h8,12-14H,6-7,9-10H2,1-5H3,(H,20,23)(H,21,22,24)/t12-,13-,14+,19+/m0/s1. The Balaban J connectivity index is 1.46. The number of thioether (sulfide) groups is 1. The average Bonchev–Trinajstić information content (AvgIpc) is 3.13.